The fraction of sp³-hybridized carbons (Fsp3) is 0.800. The van der Waals surface area contributed by atoms with Crippen LogP contribution in [0.5, 0.6) is 0 Å². The number of unbranched alkanes of at least 4 members (excludes halogenated alkanes) is 3. The van der Waals surface area contributed by atoms with Gasteiger partial charge in [-0.2, -0.15) is 0 Å². The van der Waals surface area contributed by atoms with Crippen molar-refractivity contribution in [2.75, 3.05) is 0 Å². The number of hydrogen-bond acceptors (Lipinski definition) is 3. The summed E-state index contributed by atoms with van der Waals surface area (Å²) in [7, 11) is 0. The van der Waals surface area contributed by atoms with Crippen LogP contribution in [-0.4, -0.2) is 23.1 Å². The van der Waals surface area contributed by atoms with E-state index in [-0.39, 0.29) is 12.1 Å². The predicted molar refractivity (Wildman–Crippen MR) is 95.7 cm³/mol. The molecule has 0 fully saturated rings. The molecular formula is C20H34O4. The van der Waals surface area contributed by atoms with Crippen molar-refractivity contribution in [3.05, 3.63) is 12.2 Å². The van der Waals surface area contributed by atoms with Crippen molar-refractivity contribution in [3.63, 3.8) is 0 Å². The number of esters is 1. The van der Waals surface area contributed by atoms with Crippen LogP contribution in [-0.2, 0) is 14.3 Å². The van der Waals surface area contributed by atoms with E-state index in [1.807, 2.05) is 19.1 Å². The highest BCUT2D eigenvalue weighted by Crippen LogP contribution is 2.27. The number of ether oxygens (including phenoxy) is 1. The Morgan fingerprint density at radius 2 is 1.62 bits per heavy atom. The second-order valence-corrected chi connectivity index (χ2v) is 7.25. The van der Waals surface area contributed by atoms with Crippen molar-refractivity contribution < 1.29 is 19.4 Å². The molecule has 4 heteroatoms. The molecule has 0 bridgehead atoms. The Morgan fingerprint density at radius 1 is 1.04 bits per heavy atom. The molecule has 0 aliphatic heterocycles. The maximum absolute atomic E-state index is 12.2. The number of hydrogen-bond donors (Lipinski definition) is 1. The Bertz CT molecular complexity index is 416. The number of carbonyl (C=O) groups is 2. The Labute approximate surface area is 146 Å². The standard InChI is InChI=1S/C20H34O4/c1-4-15(2)11-7-5-6-8-12-16(3)24-20(23)18-14-10-9-13-17(18)19(21)22/h9-10,15-18H,4-8,11-14H2,1-3H3,(H,21,22). The third-order valence-electron chi connectivity index (χ3n) is 5.12. The van der Waals surface area contributed by atoms with Crippen LogP contribution < -0.4 is 0 Å². The van der Waals surface area contributed by atoms with Gasteiger partial charge in [-0.1, -0.05) is 58.1 Å². The molecule has 1 N–H and O–H groups in total. The number of allylic oxidation sites excluding steroid dienone is 2. The molecule has 1 aliphatic rings. The van der Waals surface area contributed by atoms with E-state index in [9.17, 15) is 14.7 Å². The summed E-state index contributed by atoms with van der Waals surface area (Å²) < 4.78 is 5.50. The van der Waals surface area contributed by atoms with Gasteiger partial charge in [0.25, 0.3) is 0 Å². The van der Waals surface area contributed by atoms with Gasteiger partial charge in [0, 0.05) is 0 Å². The van der Waals surface area contributed by atoms with Gasteiger partial charge in [-0.15, -0.1) is 0 Å². The number of carboxylic acids is 1. The van der Waals surface area contributed by atoms with Crippen LogP contribution in [0.25, 0.3) is 0 Å². The smallest absolute Gasteiger partial charge is 0.310 e. The summed E-state index contributed by atoms with van der Waals surface area (Å²) in [6, 6.07) is 0. The Balaban J connectivity index is 2.22. The minimum Gasteiger partial charge on any atom is -0.481 e. The average molecular weight is 338 g/mol. The quantitative estimate of drug-likeness (QED) is 0.328. The van der Waals surface area contributed by atoms with Gasteiger partial charge in [0.1, 0.15) is 0 Å². The topological polar surface area (TPSA) is 63.6 Å². The molecule has 0 aromatic carbocycles. The second kappa shape index (κ2) is 11.3. The summed E-state index contributed by atoms with van der Waals surface area (Å²) in [5.41, 5.74) is 0. The van der Waals surface area contributed by atoms with E-state index in [1.54, 1.807) is 0 Å². The Morgan fingerprint density at radius 3 is 2.21 bits per heavy atom. The molecule has 0 aromatic rings. The fourth-order valence-electron chi connectivity index (χ4n) is 3.17. The molecule has 0 aromatic heterocycles. The van der Waals surface area contributed by atoms with Gasteiger partial charge in [-0.3, -0.25) is 9.59 Å². The van der Waals surface area contributed by atoms with Crippen LogP contribution >= 0.6 is 0 Å². The molecule has 0 spiro atoms. The molecule has 4 unspecified atom stereocenters. The van der Waals surface area contributed by atoms with Crippen LogP contribution in [0.4, 0.5) is 0 Å². The zero-order valence-electron chi connectivity index (χ0n) is 15.5. The lowest BCUT2D eigenvalue weighted by atomic mass is 9.83. The average Bonchev–Trinajstić information content (AvgIpc) is 2.57. The maximum Gasteiger partial charge on any atom is 0.310 e. The first-order valence-corrected chi connectivity index (χ1v) is 9.54. The van der Waals surface area contributed by atoms with Crippen LogP contribution in [0.1, 0.15) is 78.6 Å². The molecule has 0 heterocycles. The van der Waals surface area contributed by atoms with Crippen LogP contribution in [0, 0.1) is 17.8 Å². The van der Waals surface area contributed by atoms with Crippen molar-refractivity contribution in [2.45, 2.75) is 84.7 Å². The molecule has 0 radical (unpaired) electrons. The summed E-state index contributed by atoms with van der Waals surface area (Å²) in [6.07, 6.45) is 12.6. The molecule has 0 saturated heterocycles. The summed E-state index contributed by atoms with van der Waals surface area (Å²) in [5.74, 6) is -1.62. The molecular weight excluding hydrogens is 304 g/mol. The Kier molecular flexibility index (Phi) is 9.73. The van der Waals surface area contributed by atoms with E-state index in [0.717, 1.165) is 18.8 Å². The van der Waals surface area contributed by atoms with E-state index in [0.29, 0.717) is 12.8 Å². The number of rotatable bonds is 11. The maximum atomic E-state index is 12.2. The minimum atomic E-state index is -0.907. The van der Waals surface area contributed by atoms with E-state index >= 15 is 0 Å². The molecule has 4 atom stereocenters. The van der Waals surface area contributed by atoms with Gasteiger partial charge in [-0.05, 0) is 38.5 Å². The van der Waals surface area contributed by atoms with Gasteiger partial charge >= 0.3 is 11.9 Å². The third kappa shape index (κ3) is 7.50. The molecule has 138 valence electrons. The molecule has 4 nitrogen and oxygen atoms in total. The molecule has 0 amide bonds. The van der Waals surface area contributed by atoms with E-state index in [1.165, 1.54) is 32.1 Å². The number of aliphatic carboxylic acids is 1. The van der Waals surface area contributed by atoms with Crippen molar-refractivity contribution in [2.24, 2.45) is 17.8 Å². The summed E-state index contributed by atoms with van der Waals surface area (Å²) in [4.78, 5) is 23.5. The first-order valence-electron chi connectivity index (χ1n) is 9.54. The van der Waals surface area contributed by atoms with Gasteiger partial charge in [0.15, 0.2) is 0 Å². The fourth-order valence-corrected chi connectivity index (χ4v) is 3.17. The summed E-state index contributed by atoms with van der Waals surface area (Å²) in [5, 5.41) is 9.23. The molecule has 1 aliphatic carbocycles. The highest BCUT2D eigenvalue weighted by atomic mass is 16.5. The van der Waals surface area contributed by atoms with Crippen LogP contribution in [0.3, 0.4) is 0 Å². The monoisotopic (exact) mass is 338 g/mol. The van der Waals surface area contributed by atoms with Gasteiger partial charge in [0.05, 0.1) is 17.9 Å². The largest absolute Gasteiger partial charge is 0.481 e. The Hall–Kier alpha value is -1.32. The number of carboxylic acid groups (broad SMARTS) is 1. The first kappa shape index (κ1) is 20.7. The number of carbonyl (C=O) groups excluding carboxylic acids is 1. The SMILES string of the molecule is CCC(C)CCCCCCC(C)OC(=O)C1CC=CCC1C(=O)O. The van der Waals surface area contributed by atoms with Crippen LogP contribution in [0.2, 0.25) is 0 Å². The van der Waals surface area contributed by atoms with Crippen molar-refractivity contribution in [3.8, 4) is 0 Å². The van der Waals surface area contributed by atoms with E-state index < -0.39 is 17.8 Å². The zero-order chi connectivity index (χ0) is 17.9. The molecule has 24 heavy (non-hydrogen) atoms. The minimum absolute atomic E-state index is 0.132. The molecule has 1 rings (SSSR count). The summed E-state index contributed by atoms with van der Waals surface area (Å²) in [6.45, 7) is 6.44. The van der Waals surface area contributed by atoms with Gasteiger partial charge in [0.2, 0.25) is 0 Å². The van der Waals surface area contributed by atoms with Crippen molar-refractivity contribution in [1.29, 1.82) is 0 Å². The summed E-state index contributed by atoms with van der Waals surface area (Å²) >= 11 is 0. The first-order chi connectivity index (χ1) is 11.5. The normalized spacial score (nSPS) is 22.8. The van der Waals surface area contributed by atoms with E-state index in [2.05, 4.69) is 13.8 Å². The lowest BCUT2D eigenvalue weighted by Crippen LogP contribution is -2.33. The lowest BCUT2D eigenvalue weighted by Gasteiger charge is -2.25. The third-order valence-corrected chi connectivity index (χ3v) is 5.12. The lowest BCUT2D eigenvalue weighted by molar-refractivity contribution is -0.161. The second-order valence-electron chi connectivity index (χ2n) is 7.25. The van der Waals surface area contributed by atoms with Gasteiger partial charge < -0.3 is 9.84 Å². The van der Waals surface area contributed by atoms with Crippen LogP contribution in [0.15, 0.2) is 12.2 Å². The van der Waals surface area contributed by atoms with Crippen molar-refractivity contribution in [1.82, 2.24) is 0 Å². The van der Waals surface area contributed by atoms with Gasteiger partial charge in [-0.25, -0.2) is 0 Å². The molecule has 0 saturated carbocycles. The zero-order valence-corrected chi connectivity index (χ0v) is 15.5. The van der Waals surface area contributed by atoms with Crippen molar-refractivity contribution >= 4 is 11.9 Å². The highest BCUT2D eigenvalue weighted by Gasteiger charge is 2.35. The highest BCUT2D eigenvalue weighted by molar-refractivity contribution is 5.81. The van der Waals surface area contributed by atoms with E-state index in [4.69, 9.17) is 4.74 Å². The predicted octanol–water partition coefficient (Wildman–Crippen LogP) is 4.97.